The van der Waals surface area contributed by atoms with Gasteiger partial charge in [-0.1, -0.05) is 19.3 Å². The first kappa shape index (κ1) is 12.2. The summed E-state index contributed by atoms with van der Waals surface area (Å²) in [5.41, 5.74) is 0. The van der Waals surface area contributed by atoms with Crippen LogP contribution in [0.5, 0.6) is 0 Å². The molecule has 1 aliphatic carbocycles. The second-order valence-corrected chi connectivity index (χ2v) is 7.28. The maximum atomic E-state index is 12.4. The van der Waals surface area contributed by atoms with Crippen LogP contribution < -0.4 is 0 Å². The maximum Gasteiger partial charge on any atom is 0.260 e. The van der Waals surface area contributed by atoms with Gasteiger partial charge < -0.3 is 4.98 Å². The monoisotopic (exact) mass is 269 g/mol. The molecule has 2 fully saturated rings. The molecule has 0 bridgehead atoms. The second kappa shape index (κ2) is 4.66. The minimum atomic E-state index is -3.35. The van der Waals surface area contributed by atoms with Gasteiger partial charge in [-0.15, -0.1) is 0 Å². The van der Waals surface area contributed by atoms with E-state index in [1.807, 2.05) is 0 Å². The van der Waals surface area contributed by atoms with E-state index in [1.54, 1.807) is 4.31 Å². The van der Waals surface area contributed by atoms with Gasteiger partial charge in [0.15, 0.2) is 5.03 Å². The van der Waals surface area contributed by atoms with Crippen LogP contribution in [0, 0.1) is 11.8 Å². The zero-order chi connectivity index (χ0) is 12.6. The molecule has 2 heterocycles. The van der Waals surface area contributed by atoms with Gasteiger partial charge in [0, 0.05) is 13.1 Å². The Labute approximate surface area is 108 Å². The molecule has 1 N–H and O–H groups in total. The number of rotatable bonds is 2. The van der Waals surface area contributed by atoms with Crippen LogP contribution in [0.1, 0.15) is 32.1 Å². The number of aromatic amines is 1. The Morgan fingerprint density at radius 1 is 1.22 bits per heavy atom. The fraction of sp³-hybridized carbons (Fsp3) is 0.750. The lowest BCUT2D eigenvalue weighted by Gasteiger charge is -2.40. The first-order valence-electron chi connectivity index (χ1n) is 6.66. The van der Waals surface area contributed by atoms with E-state index >= 15 is 0 Å². The molecular weight excluding hydrogens is 250 g/mol. The van der Waals surface area contributed by atoms with Gasteiger partial charge in [0.05, 0.1) is 12.5 Å². The van der Waals surface area contributed by atoms with Crippen LogP contribution in [0.3, 0.4) is 0 Å². The number of aromatic nitrogens is 2. The standard InChI is InChI=1S/C12H19N3O2S/c16-18(17,12-7-13-9-14-12)15-6-5-10-3-1-2-4-11(10)8-15/h7,9-11H,1-6,8H2,(H,13,14). The van der Waals surface area contributed by atoms with Crippen LogP contribution in [0.2, 0.25) is 0 Å². The zero-order valence-electron chi connectivity index (χ0n) is 10.4. The molecule has 3 rings (SSSR count). The van der Waals surface area contributed by atoms with Gasteiger partial charge in [0.25, 0.3) is 10.0 Å². The number of hydrogen-bond acceptors (Lipinski definition) is 3. The Morgan fingerprint density at radius 2 is 2.00 bits per heavy atom. The lowest BCUT2D eigenvalue weighted by molar-refractivity contribution is 0.136. The molecule has 18 heavy (non-hydrogen) atoms. The number of piperidine rings is 1. The summed E-state index contributed by atoms with van der Waals surface area (Å²) in [5, 5.41) is 0.219. The summed E-state index contributed by atoms with van der Waals surface area (Å²) in [6, 6.07) is 0. The minimum absolute atomic E-state index is 0.219. The van der Waals surface area contributed by atoms with E-state index < -0.39 is 10.0 Å². The molecule has 0 aromatic carbocycles. The number of nitrogens with one attached hydrogen (secondary N) is 1. The number of sulfonamides is 1. The molecular formula is C12H19N3O2S. The van der Waals surface area contributed by atoms with Crippen molar-refractivity contribution in [1.29, 1.82) is 0 Å². The number of fused-ring (bicyclic) bond motifs is 1. The van der Waals surface area contributed by atoms with Gasteiger partial charge in [-0.25, -0.2) is 13.4 Å². The van der Waals surface area contributed by atoms with E-state index in [0.717, 1.165) is 12.3 Å². The molecule has 2 unspecified atom stereocenters. The summed E-state index contributed by atoms with van der Waals surface area (Å²) in [4.78, 5) is 6.51. The number of H-pyrrole nitrogens is 1. The van der Waals surface area contributed by atoms with Crippen LogP contribution >= 0.6 is 0 Å². The van der Waals surface area contributed by atoms with Crippen LogP contribution in [-0.4, -0.2) is 35.8 Å². The first-order valence-corrected chi connectivity index (χ1v) is 8.10. The Bertz CT molecular complexity index is 497. The van der Waals surface area contributed by atoms with Crippen LogP contribution in [0.25, 0.3) is 0 Å². The molecule has 5 nitrogen and oxygen atoms in total. The molecule has 6 heteroatoms. The molecule has 2 aliphatic rings. The van der Waals surface area contributed by atoms with E-state index in [2.05, 4.69) is 9.97 Å². The summed E-state index contributed by atoms with van der Waals surface area (Å²) >= 11 is 0. The van der Waals surface area contributed by atoms with Crippen molar-refractivity contribution in [3.8, 4) is 0 Å². The molecule has 2 atom stereocenters. The van der Waals surface area contributed by atoms with Crippen molar-refractivity contribution in [2.75, 3.05) is 13.1 Å². The number of imidazole rings is 1. The van der Waals surface area contributed by atoms with Gasteiger partial charge in [0.1, 0.15) is 0 Å². The molecule has 100 valence electrons. The summed E-state index contributed by atoms with van der Waals surface area (Å²) in [7, 11) is -3.35. The maximum absolute atomic E-state index is 12.4. The van der Waals surface area contributed by atoms with Crippen LogP contribution in [0.15, 0.2) is 17.6 Å². The van der Waals surface area contributed by atoms with Crippen molar-refractivity contribution < 1.29 is 8.42 Å². The fourth-order valence-corrected chi connectivity index (χ4v) is 4.72. The van der Waals surface area contributed by atoms with Crippen molar-refractivity contribution >= 4 is 10.0 Å². The lowest BCUT2D eigenvalue weighted by Crippen LogP contribution is -2.44. The van der Waals surface area contributed by atoms with Crippen LogP contribution in [0.4, 0.5) is 0 Å². The molecule has 1 saturated heterocycles. The molecule has 1 aromatic heterocycles. The Balaban J connectivity index is 1.78. The van der Waals surface area contributed by atoms with E-state index in [-0.39, 0.29) is 5.03 Å². The Morgan fingerprint density at radius 3 is 2.72 bits per heavy atom. The first-order chi connectivity index (χ1) is 8.68. The lowest BCUT2D eigenvalue weighted by atomic mass is 9.76. The van der Waals surface area contributed by atoms with Crippen molar-refractivity contribution in [3.63, 3.8) is 0 Å². The molecule has 0 radical (unpaired) electrons. The summed E-state index contributed by atoms with van der Waals surface area (Å²) in [6.45, 7) is 1.34. The Hall–Kier alpha value is -0.880. The van der Waals surface area contributed by atoms with E-state index in [0.29, 0.717) is 19.0 Å². The molecule has 1 aromatic rings. The quantitative estimate of drug-likeness (QED) is 0.887. The molecule has 0 spiro atoms. The highest BCUT2D eigenvalue weighted by Crippen LogP contribution is 2.37. The topological polar surface area (TPSA) is 66.1 Å². The third-order valence-electron chi connectivity index (χ3n) is 4.34. The minimum Gasteiger partial charge on any atom is -0.335 e. The predicted octanol–water partition coefficient (Wildman–Crippen LogP) is 1.61. The average Bonchev–Trinajstić information content (AvgIpc) is 2.92. The van der Waals surface area contributed by atoms with Crippen LogP contribution in [-0.2, 0) is 10.0 Å². The van der Waals surface area contributed by atoms with Gasteiger partial charge in [-0.2, -0.15) is 4.31 Å². The van der Waals surface area contributed by atoms with Crippen molar-refractivity contribution in [2.24, 2.45) is 11.8 Å². The average molecular weight is 269 g/mol. The zero-order valence-corrected chi connectivity index (χ0v) is 11.2. The van der Waals surface area contributed by atoms with Crippen molar-refractivity contribution in [1.82, 2.24) is 14.3 Å². The van der Waals surface area contributed by atoms with Gasteiger partial charge in [0.2, 0.25) is 0 Å². The SMILES string of the molecule is O=S(=O)(c1cnc[nH]1)N1CCC2CCCCC2C1. The smallest absolute Gasteiger partial charge is 0.260 e. The van der Waals surface area contributed by atoms with Crippen molar-refractivity contribution in [3.05, 3.63) is 12.5 Å². The third-order valence-corrected chi connectivity index (χ3v) is 6.14. The highest BCUT2D eigenvalue weighted by atomic mass is 32.2. The highest BCUT2D eigenvalue weighted by molar-refractivity contribution is 7.89. The van der Waals surface area contributed by atoms with Gasteiger partial charge in [-0.05, 0) is 24.7 Å². The number of hydrogen-bond donors (Lipinski definition) is 1. The molecule has 0 amide bonds. The summed E-state index contributed by atoms with van der Waals surface area (Å²) < 4.78 is 26.4. The highest BCUT2D eigenvalue weighted by Gasteiger charge is 2.36. The largest absolute Gasteiger partial charge is 0.335 e. The normalized spacial score (nSPS) is 30.0. The van der Waals surface area contributed by atoms with Gasteiger partial charge >= 0.3 is 0 Å². The summed E-state index contributed by atoms with van der Waals surface area (Å²) in [5.74, 6) is 1.30. The predicted molar refractivity (Wildman–Crippen MR) is 67.4 cm³/mol. The van der Waals surface area contributed by atoms with Gasteiger partial charge in [-0.3, -0.25) is 0 Å². The third kappa shape index (κ3) is 2.07. The van der Waals surface area contributed by atoms with E-state index in [1.165, 1.54) is 38.2 Å². The second-order valence-electron chi connectivity index (χ2n) is 5.37. The van der Waals surface area contributed by atoms with E-state index in [4.69, 9.17) is 0 Å². The van der Waals surface area contributed by atoms with Crippen molar-refractivity contribution in [2.45, 2.75) is 37.1 Å². The Kier molecular flexibility index (Phi) is 3.15. The summed E-state index contributed by atoms with van der Waals surface area (Å²) in [6.07, 6.45) is 8.84. The van der Waals surface area contributed by atoms with E-state index in [9.17, 15) is 8.42 Å². The fourth-order valence-electron chi connectivity index (χ4n) is 3.31. The number of nitrogens with zero attached hydrogens (tertiary/aromatic N) is 2. The molecule has 1 aliphatic heterocycles. The molecule has 1 saturated carbocycles.